The minimum Gasteiger partial charge on any atom is -0.351 e. The van der Waals surface area contributed by atoms with Crippen molar-refractivity contribution in [3.05, 3.63) is 52.1 Å². The SMILES string of the molecule is NCc1nc(C(=O)N2CCN(C(=O)c3cc4ccccc4[nH]3)CC2)cs1. The summed E-state index contributed by atoms with van der Waals surface area (Å²) in [6.45, 7) is 2.35. The molecule has 3 aromatic rings. The Hall–Kier alpha value is -2.71. The van der Waals surface area contributed by atoms with Gasteiger partial charge in [-0.25, -0.2) is 4.98 Å². The molecule has 0 spiro atoms. The fraction of sp³-hybridized carbons (Fsp3) is 0.278. The summed E-state index contributed by atoms with van der Waals surface area (Å²) in [7, 11) is 0. The number of aromatic amines is 1. The normalized spacial score (nSPS) is 14.8. The molecule has 26 heavy (non-hydrogen) atoms. The Balaban J connectivity index is 1.41. The van der Waals surface area contributed by atoms with Gasteiger partial charge in [0.05, 0.1) is 0 Å². The van der Waals surface area contributed by atoms with Gasteiger partial charge in [0.25, 0.3) is 11.8 Å². The summed E-state index contributed by atoms with van der Waals surface area (Å²) in [5, 5.41) is 3.51. The van der Waals surface area contributed by atoms with Crippen molar-refractivity contribution in [2.75, 3.05) is 26.2 Å². The van der Waals surface area contributed by atoms with Crippen molar-refractivity contribution in [1.82, 2.24) is 19.8 Å². The van der Waals surface area contributed by atoms with Crippen molar-refractivity contribution in [1.29, 1.82) is 0 Å². The third-order valence-electron chi connectivity index (χ3n) is 4.56. The van der Waals surface area contributed by atoms with Gasteiger partial charge in [0, 0.05) is 49.0 Å². The lowest BCUT2D eigenvalue weighted by molar-refractivity contribution is 0.0530. The third kappa shape index (κ3) is 3.09. The number of para-hydroxylation sites is 1. The van der Waals surface area contributed by atoms with Gasteiger partial charge in [0.15, 0.2) is 0 Å². The van der Waals surface area contributed by atoms with Crippen LogP contribution in [0.3, 0.4) is 0 Å². The molecular formula is C18H19N5O2S. The van der Waals surface area contributed by atoms with Gasteiger partial charge in [-0.3, -0.25) is 9.59 Å². The molecule has 0 atom stereocenters. The standard InChI is InChI=1S/C18H19N5O2S/c19-10-16-21-15(11-26-16)18(25)23-7-5-22(6-8-23)17(24)14-9-12-3-1-2-4-13(12)20-14/h1-4,9,11,20H,5-8,10,19H2. The Kier molecular flexibility index (Phi) is 4.44. The number of amides is 2. The van der Waals surface area contributed by atoms with E-state index in [-0.39, 0.29) is 11.8 Å². The van der Waals surface area contributed by atoms with Crippen LogP contribution in [-0.2, 0) is 6.54 Å². The van der Waals surface area contributed by atoms with Crippen LogP contribution in [0.25, 0.3) is 10.9 Å². The van der Waals surface area contributed by atoms with Crippen molar-refractivity contribution < 1.29 is 9.59 Å². The summed E-state index contributed by atoms with van der Waals surface area (Å²) in [5.41, 5.74) is 7.52. The molecule has 0 radical (unpaired) electrons. The van der Waals surface area contributed by atoms with Crippen LogP contribution < -0.4 is 5.73 Å². The van der Waals surface area contributed by atoms with Crippen molar-refractivity contribution in [2.24, 2.45) is 5.73 Å². The van der Waals surface area contributed by atoms with E-state index in [2.05, 4.69) is 9.97 Å². The summed E-state index contributed by atoms with van der Waals surface area (Å²) in [6.07, 6.45) is 0. The molecule has 0 bridgehead atoms. The maximum atomic E-state index is 12.7. The number of benzene rings is 1. The predicted octanol–water partition coefficient (Wildman–Crippen LogP) is 1.68. The first-order chi connectivity index (χ1) is 12.7. The van der Waals surface area contributed by atoms with Crippen LogP contribution >= 0.6 is 11.3 Å². The highest BCUT2D eigenvalue weighted by Gasteiger charge is 2.27. The number of fused-ring (bicyclic) bond motifs is 1. The van der Waals surface area contributed by atoms with E-state index < -0.39 is 0 Å². The second-order valence-electron chi connectivity index (χ2n) is 6.19. The van der Waals surface area contributed by atoms with E-state index >= 15 is 0 Å². The van der Waals surface area contributed by atoms with Gasteiger partial charge in [-0.15, -0.1) is 11.3 Å². The first-order valence-electron chi connectivity index (χ1n) is 8.46. The van der Waals surface area contributed by atoms with Crippen LogP contribution in [0.5, 0.6) is 0 Å². The minimum atomic E-state index is -0.0985. The van der Waals surface area contributed by atoms with Gasteiger partial charge in [-0.1, -0.05) is 18.2 Å². The van der Waals surface area contributed by atoms with Crippen LogP contribution in [0.1, 0.15) is 26.0 Å². The zero-order chi connectivity index (χ0) is 18.1. The zero-order valence-electron chi connectivity index (χ0n) is 14.1. The molecule has 1 aromatic carbocycles. The lowest BCUT2D eigenvalue weighted by Crippen LogP contribution is -2.50. The molecule has 8 heteroatoms. The number of piperazine rings is 1. The highest BCUT2D eigenvalue weighted by atomic mass is 32.1. The highest BCUT2D eigenvalue weighted by Crippen LogP contribution is 2.18. The van der Waals surface area contributed by atoms with Crippen LogP contribution in [-0.4, -0.2) is 57.8 Å². The average molecular weight is 369 g/mol. The van der Waals surface area contributed by atoms with E-state index in [0.29, 0.717) is 44.1 Å². The lowest BCUT2D eigenvalue weighted by atomic mass is 10.2. The molecule has 134 valence electrons. The number of carbonyl (C=O) groups is 2. The zero-order valence-corrected chi connectivity index (χ0v) is 15.0. The summed E-state index contributed by atoms with van der Waals surface area (Å²) < 4.78 is 0. The van der Waals surface area contributed by atoms with Crippen molar-refractivity contribution in [3.8, 4) is 0 Å². The molecule has 1 aliphatic heterocycles. The van der Waals surface area contributed by atoms with Crippen molar-refractivity contribution in [3.63, 3.8) is 0 Å². The second kappa shape index (κ2) is 6.89. The highest BCUT2D eigenvalue weighted by molar-refractivity contribution is 7.09. The maximum absolute atomic E-state index is 12.7. The molecule has 0 saturated carbocycles. The number of nitrogens with zero attached hydrogens (tertiary/aromatic N) is 3. The Labute approximate surface area is 154 Å². The molecule has 2 aromatic heterocycles. The Bertz CT molecular complexity index is 922. The molecule has 7 nitrogen and oxygen atoms in total. The van der Waals surface area contributed by atoms with Gasteiger partial charge in [-0.05, 0) is 12.1 Å². The summed E-state index contributed by atoms with van der Waals surface area (Å²) in [6, 6.07) is 9.68. The van der Waals surface area contributed by atoms with Gasteiger partial charge in [0.2, 0.25) is 0 Å². The number of aromatic nitrogens is 2. The molecule has 1 aliphatic rings. The molecule has 1 fully saturated rings. The molecular weight excluding hydrogens is 350 g/mol. The van der Waals surface area contributed by atoms with E-state index in [0.717, 1.165) is 15.9 Å². The molecule has 0 unspecified atom stereocenters. The van der Waals surface area contributed by atoms with E-state index in [9.17, 15) is 9.59 Å². The van der Waals surface area contributed by atoms with Crippen molar-refractivity contribution in [2.45, 2.75) is 6.54 Å². The second-order valence-corrected chi connectivity index (χ2v) is 7.13. The topological polar surface area (TPSA) is 95.3 Å². The molecule has 0 aliphatic carbocycles. The molecule has 3 N–H and O–H groups in total. The summed E-state index contributed by atoms with van der Waals surface area (Å²) in [5.74, 6) is -0.133. The van der Waals surface area contributed by atoms with Crippen LogP contribution in [0.15, 0.2) is 35.7 Å². The number of nitrogens with two attached hydrogens (primary N) is 1. The first kappa shape index (κ1) is 16.7. The van der Waals surface area contributed by atoms with Crippen LogP contribution in [0, 0.1) is 0 Å². The number of H-pyrrole nitrogens is 1. The number of carbonyl (C=O) groups excluding carboxylic acids is 2. The number of thiazole rings is 1. The van der Waals surface area contributed by atoms with Crippen molar-refractivity contribution >= 4 is 34.1 Å². The van der Waals surface area contributed by atoms with Gasteiger partial charge in [0.1, 0.15) is 16.4 Å². The van der Waals surface area contributed by atoms with E-state index in [1.54, 1.807) is 15.2 Å². The monoisotopic (exact) mass is 369 g/mol. The Morgan fingerprint density at radius 2 is 1.81 bits per heavy atom. The predicted molar refractivity (Wildman–Crippen MR) is 100 cm³/mol. The maximum Gasteiger partial charge on any atom is 0.273 e. The molecule has 1 saturated heterocycles. The Morgan fingerprint density at radius 1 is 1.12 bits per heavy atom. The molecule has 2 amide bonds. The number of rotatable bonds is 3. The fourth-order valence-electron chi connectivity index (χ4n) is 3.14. The van der Waals surface area contributed by atoms with E-state index in [1.807, 2.05) is 30.3 Å². The minimum absolute atomic E-state index is 0.0348. The van der Waals surface area contributed by atoms with Crippen LogP contribution in [0.2, 0.25) is 0 Å². The number of hydrogen-bond donors (Lipinski definition) is 2. The van der Waals surface area contributed by atoms with Gasteiger partial charge < -0.3 is 20.5 Å². The number of hydrogen-bond acceptors (Lipinski definition) is 5. The summed E-state index contributed by atoms with van der Waals surface area (Å²) in [4.78, 5) is 36.2. The van der Waals surface area contributed by atoms with Crippen LogP contribution in [0.4, 0.5) is 0 Å². The van der Waals surface area contributed by atoms with E-state index in [4.69, 9.17) is 5.73 Å². The van der Waals surface area contributed by atoms with E-state index in [1.165, 1.54) is 11.3 Å². The quantitative estimate of drug-likeness (QED) is 0.734. The fourth-order valence-corrected chi connectivity index (χ4v) is 3.78. The number of nitrogens with one attached hydrogen (secondary N) is 1. The first-order valence-corrected chi connectivity index (χ1v) is 9.34. The summed E-state index contributed by atoms with van der Waals surface area (Å²) >= 11 is 1.39. The largest absolute Gasteiger partial charge is 0.351 e. The molecule has 4 rings (SSSR count). The smallest absolute Gasteiger partial charge is 0.273 e. The van der Waals surface area contributed by atoms with Gasteiger partial charge in [-0.2, -0.15) is 0 Å². The van der Waals surface area contributed by atoms with Gasteiger partial charge >= 0.3 is 0 Å². The third-order valence-corrected chi connectivity index (χ3v) is 5.43. The molecule has 3 heterocycles. The average Bonchev–Trinajstić information content (AvgIpc) is 3.33. The Morgan fingerprint density at radius 3 is 2.46 bits per heavy atom. The lowest BCUT2D eigenvalue weighted by Gasteiger charge is -2.34.